The van der Waals surface area contributed by atoms with Crippen LogP contribution < -0.4 is 5.32 Å². The first-order chi connectivity index (χ1) is 8.27. The molecule has 3 nitrogen and oxygen atoms in total. The monoisotopic (exact) mass is 297 g/mol. The number of halogens is 1. The van der Waals surface area contributed by atoms with Crippen molar-refractivity contribution < 1.29 is 9.53 Å². The van der Waals surface area contributed by atoms with E-state index in [0.717, 1.165) is 6.42 Å². The maximum Gasteiger partial charge on any atom is 0.225 e. The predicted octanol–water partition coefficient (Wildman–Crippen LogP) is 2.28. The maximum atomic E-state index is 11.8. The molecule has 2 unspecified atom stereocenters. The predicted molar refractivity (Wildman–Crippen MR) is 70.0 cm³/mol. The van der Waals surface area contributed by atoms with Crippen molar-refractivity contribution in [2.45, 2.75) is 11.2 Å². The molecular formula is C13H16BrNO2. The Bertz CT molecular complexity index is 363. The zero-order valence-corrected chi connectivity index (χ0v) is 11.2. The molecule has 0 radical (unpaired) electrons. The van der Waals surface area contributed by atoms with Crippen molar-refractivity contribution in [3.63, 3.8) is 0 Å². The van der Waals surface area contributed by atoms with Crippen LogP contribution in [0.1, 0.15) is 16.8 Å². The van der Waals surface area contributed by atoms with Gasteiger partial charge in [0.2, 0.25) is 5.91 Å². The summed E-state index contributed by atoms with van der Waals surface area (Å²) >= 11 is 3.58. The molecule has 1 aromatic carbocycles. The van der Waals surface area contributed by atoms with E-state index < -0.39 is 0 Å². The third-order valence-corrected chi connectivity index (χ3v) is 3.77. The summed E-state index contributed by atoms with van der Waals surface area (Å²) in [5, 5.41) is 2.96. The molecule has 0 saturated carbocycles. The van der Waals surface area contributed by atoms with E-state index in [0.29, 0.717) is 19.8 Å². The summed E-state index contributed by atoms with van der Waals surface area (Å²) in [6, 6.07) is 10.1. The van der Waals surface area contributed by atoms with Crippen LogP contribution in [0, 0.1) is 5.92 Å². The van der Waals surface area contributed by atoms with Crippen molar-refractivity contribution in [2.75, 3.05) is 19.8 Å². The van der Waals surface area contributed by atoms with Gasteiger partial charge in [-0.1, -0.05) is 46.3 Å². The van der Waals surface area contributed by atoms with Crippen molar-refractivity contribution >= 4 is 21.8 Å². The molecule has 1 saturated heterocycles. The number of hydrogen-bond donors (Lipinski definition) is 1. The second kappa shape index (κ2) is 6.17. The second-order valence-corrected chi connectivity index (χ2v) is 5.29. The third-order valence-electron chi connectivity index (χ3n) is 2.92. The minimum Gasteiger partial charge on any atom is -0.381 e. The Balaban J connectivity index is 1.80. The Morgan fingerprint density at radius 2 is 2.24 bits per heavy atom. The van der Waals surface area contributed by atoms with Crippen molar-refractivity contribution in [1.82, 2.24) is 5.32 Å². The van der Waals surface area contributed by atoms with Crippen LogP contribution in [0.5, 0.6) is 0 Å². The fraction of sp³-hybridized carbons (Fsp3) is 0.462. The number of ether oxygens (including phenoxy) is 1. The van der Waals surface area contributed by atoms with Gasteiger partial charge >= 0.3 is 0 Å². The van der Waals surface area contributed by atoms with Crippen molar-refractivity contribution in [3.8, 4) is 0 Å². The molecule has 92 valence electrons. The normalized spacial score (nSPS) is 21.1. The van der Waals surface area contributed by atoms with Gasteiger partial charge in [0, 0.05) is 13.2 Å². The van der Waals surface area contributed by atoms with Crippen LogP contribution in [0.15, 0.2) is 30.3 Å². The van der Waals surface area contributed by atoms with Crippen LogP contribution in [0.4, 0.5) is 0 Å². The van der Waals surface area contributed by atoms with Crippen molar-refractivity contribution in [2.24, 2.45) is 5.92 Å². The quantitative estimate of drug-likeness (QED) is 0.866. The molecule has 1 aliphatic heterocycles. The van der Waals surface area contributed by atoms with E-state index in [9.17, 15) is 4.79 Å². The van der Waals surface area contributed by atoms with Gasteiger partial charge < -0.3 is 10.1 Å². The van der Waals surface area contributed by atoms with E-state index in [1.165, 1.54) is 5.56 Å². The Morgan fingerprint density at radius 3 is 2.88 bits per heavy atom. The van der Waals surface area contributed by atoms with Gasteiger partial charge in [-0.3, -0.25) is 4.79 Å². The van der Waals surface area contributed by atoms with E-state index in [1.54, 1.807) is 0 Å². The molecule has 2 atom stereocenters. The van der Waals surface area contributed by atoms with E-state index in [-0.39, 0.29) is 16.7 Å². The van der Waals surface area contributed by atoms with E-state index >= 15 is 0 Å². The molecule has 17 heavy (non-hydrogen) atoms. The number of carbonyl (C=O) groups is 1. The highest BCUT2D eigenvalue weighted by atomic mass is 79.9. The fourth-order valence-corrected chi connectivity index (χ4v) is 2.32. The van der Waals surface area contributed by atoms with Gasteiger partial charge in [-0.2, -0.15) is 0 Å². The zero-order chi connectivity index (χ0) is 12.1. The van der Waals surface area contributed by atoms with Crippen LogP contribution in [0.25, 0.3) is 0 Å². The van der Waals surface area contributed by atoms with Crippen LogP contribution in [-0.2, 0) is 9.53 Å². The van der Waals surface area contributed by atoms with Gasteiger partial charge in [0.05, 0.1) is 17.4 Å². The Labute approximate surface area is 110 Å². The first-order valence-electron chi connectivity index (χ1n) is 5.82. The number of benzene rings is 1. The number of carbonyl (C=O) groups excluding carboxylic acids is 1. The molecule has 1 N–H and O–H groups in total. The first kappa shape index (κ1) is 12.6. The zero-order valence-electron chi connectivity index (χ0n) is 9.56. The lowest BCUT2D eigenvalue weighted by Crippen LogP contribution is -2.33. The average molecular weight is 298 g/mol. The summed E-state index contributed by atoms with van der Waals surface area (Å²) in [4.78, 5) is 11.9. The van der Waals surface area contributed by atoms with E-state index in [1.807, 2.05) is 30.3 Å². The van der Waals surface area contributed by atoms with Crippen LogP contribution in [0.2, 0.25) is 0 Å². The van der Waals surface area contributed by atoms with Gasteiger partial charge in [-0.05, 0) is 12.0 Å². The highest BCUT2D eigenvalue weighted by molar-refractivity contribution is 9.09. The Kier molecular flexibility index (Phi) is 4.57. The highest BCUT2D eigenvalue weighted by Gasteiger charge is 2.23. The summed E-state index contributed by atoms with van der Waals surface area (Å²) in [7, 11) is 0. The molecule has 0 spiro atoms. The van der Waals surface area contributed by atoms with E-state index in [4.69, 9.17) is 4.74 Å². The number of hydrogen-bond acceptors (Lipinski definition) is 2. The van der Waals surface area contributed by atoms with Crippen LogP contribution >= 0.6 is 15.9 Å². The Morgan fingerprint density at radius 1 is 1.47 bits per heavy atom. The number of rotatable bonds is 4. The molecule has 1 aliphatic rings. The lowest BCUT2D eigenvalue weighted by Gasteiger charge is -2.13. The SMILES string of the molecule is O=C(NCC(Br)c1ccccc1)C1CCOC1. The topological polar surface area (TPSA) is 38.3 Å². The van der Waals surface area contributed by atoms with Crippen LogP contribution in [-0.4, -0.2) is 25.7 Å². The summed E-state index contributed by atoms with van der Waals surface area (Å²) in [5.74, 6) is 0.133. The Hall–Kier alpha value is -0.870. The van der Waals surface area contributed by atoms with Crippen molar-refractivity contribution in [1.29, 1.82) is 0 Å². The smallest absolute Gasteiger partial charge is 0.225 e. The van der Waals surface area contributed by atoms with Gasteiger partial charge in [0.15, 0.2) is 0 Å². The fourth-order valence-electron chi connectivity index (χ4n) is 1.86. The first-order valence-corrected chi connectivity index (χ1v) is 6.73. The minimum absolute atomic E-state index is 0.0328. The summed E-state index contributed by atoms with van der Waals surface area (Å²) in [6.45, 7) is 1.87. The molecule has 0 aliphatic carbocycles. The van der Waals surface area contributed by atoms with Gasteiger partial charge in [0.25, 0.3) is 0 Å². The van der Waals surface area contributed by atoms with Crippen LogP contribution in [0.3, 0.4) is 0 Å². The molecule has 1 amide bonds. The standard InChI is InChI=1S/C13H16BrNO2/c14-12(10-4-2-1-3-5-10)8-15-13(16)11-6-7-17-9-11/h1-5,11-12H,6-9H2,(H,15,16). The molecular weight excluding hydrogens is 282 g/mol. The molecule has 0 aromatic heterocycles. The number of amides is 1. The average Bonchev–Trinajstić information content (AvgIpc) is 2.90. The summed E-state index contributed by atoms with van der Waals surface area (Å²) < 4.78 is 5.20. The maximum absolute atomic E-state index is 11.8. The van der Waals surface area contributed by atoms with Gasteiger partial charge in [-0.15, -0.1) is 0 Å². The summed E-state index contributed by atoms with van der Waals surface area (Å²) in [6.07, 6.45) is 0.837. The van der Waals surface area contributed by atoms with Gasteiger partial charge in [-0.25, -0.2) is 0 Å². The second-order valence-electron chi connectivity index (χ2n) is 4.18. The highest BCUT2D eigenvalue weighted by Crippen LogP contribution is 2.21. The molecule has 1 aromatic rings. The molecule has 1 heterocycles. The van der Waals surface area contributed by atoms with Crippen molar-refractivity contribution in [3.05, 3.63) is 35.9 Å². The molecule has 4 heteroatoms. The number of nitrogens with one attached hydrogen (secondary N) is 1. The molecule has 1 fully saturated rings. The lowest BCUT2D eigenvalue weighted by atomic mass is 10.1. The molecule has 2 rings (SSSR count). The van der Waals surface area contributed by atoms with Gasteiger partial charge in [0.1, 0.15) is 0 Å². The van der Waals surface area contributed by atoms with E-state index in [2.05, 4.69) is 21.2 Å². The molecule has 0 bridgehead atoms. The number of alkyl halides is 1. The summed E-state index contributed by atoms with van der Waals surface area (Å²) in [5.41, 5.74) is 1.18. The third kappa shape index (κ3) is 3.54. The minimum atomic E-state index is 0.0328. The largest absolute Gasteiger partial charge is 0.381 e. The lowest BCUT2D eigenvalue weighted by molar-refractivity contribution is -0.124.